The van der Waals surface area contributed by atoms with Crippen LogP contribution in [0.4, 0.5) is 0 Å². The van der Waals surface area contributed by atoms with Crippen LogP contribution in [0.25, 0.3) is 0 Å². The molecule has 25 heavy (non-hydrogen) atoms. The first kappa shape index (κ1) is 24.9. The van der Waals surface area contributed by atoms with Crippen LogP contribution in [0.15, 0.2) is 4.99 Å². The highest BCUT2D eigenvalue weighted by molar-refractivity contribution is 14.0. The molecule has 0 bridgehead atoms. The molecule has 0 aromatic carbocycles. The third kappa shape index (κ3) is 10.6. The van der Waals surface area contributed by atoms with Crippen LogP contribution in [0.1, 0.15) is 58.8 Å². The van der Waals surface area contributed by atoms with Crippen molar-refractivity contribution in [2.75, 3.05) is 39.0 Å². The second-order valence-corrected chi connectivity index (χ2v) is 8.92. The lowest BCUT2D eigenvalue weighted by Crippen LogP contribution is -2.38. The molecule has 1 saturated carbocycles. The summed E-state index contributed by atoms with van der Waals surface area (Å²) in [6, 6.07) is 0. The van der Waals surface area contributed by atoms with Crippen LogP contribution in [0.2, 0.25) is 0 Å². The van der Waals surface area contributed by atoms with E-state index in [0.717, 1.165) is 31.4 Å². The predicted octanol–water partition coefficient (Wildman–Crippen LogP) is 2.80. The summed E-state index contributed by atoms with van der Waals surface area (Å²) in [7, 11) is -1.45. The van der Waals surface area contributed by atoms with Gasteiger partial charge in [0.05, 0.1) is 5.75 Å². The van der Waals surface area contributed by atoms with Gasteiger partial charge in [-0.05, 0) is 39.0 Å². The first-order valence-electron chi connectivity index (χ1n) is 9.45. The van der Waals surface area contributed by atoms with Gasteiger partial charge >= 0.3 is 0 Å². The molecule has 1 fully saturated rings. The number of nitrogens with zero attached hydrogens (tertiary/aromatic N) is 2. The third-order valence-corrected chi connectivity index (χ3v) is 6.50. The van der Waals surface area contributed by atoms with E-state index in [4.69, 9.17) is 0 Å². The Kier molecular flexibility index (Phi) is 14.0. The van der Waals surface area contributed by atoms with E-state index >= 15 is 0 Å². The minimum atomic E-state index is -3.08. The minimum absolute atomic E-state index is 0. The molecular weight excluding hydrogens is 451 g/mol. The summed E-state index contributed by atoms with van der Waals surface area (Å²) in [5.41, 5.74) is 0. The molecule has 0 saturated heterocycles. The summed E-state index contributed by atoms with van der Waals surface area (Å²) in [6.45, 7) is 6.65. The second-order valence-electron chi connectivity index (χ2n) is 6.56. The number of sulfonamides is 1. The average molecular weight is 488 g/mol. The number of guanidine groups is 1. The molecule has 0 heterocycles. The number of hydrogen-bond acceptors (Lipinski definition) is 3. The zero-order valence-corrected chi connectivity index (χ0v) is 19.2. The fourth-order valence-electron chi connectivity index (χ4n) is 3.08. The van der Waals surface area contributed by atoms with Gasteiger partial charge in [-0.15, -0.1) is 24.0 Å². The van der Waals surface area contributed by atoms with Gasteiger partial charge in [-0.2, -0.15) is 0 Å². The Balaban J connectivity index is 0.00000576. The molecule has 150 valence electrons. The van der Waals surface area contributed by atoms with Crippen molar-refractivity contribution in [2.45, 2.75) is 58.8 Å². The molecule has 0 aliphatic heterocycles. The number of hydrogen-bond donors (Lipinski definition) is 2. The molecule has 8 heteroatoms. The van der Waals surface area contributed by atoms with Crippen LogP contribution in [-0.4, -0.2) is 57.7 Å². The monoisotopic (exact) mass is 488 g/mol. The summed E-state index contributed by atoms with van der Waals surface area (Å²) in [4.78, 5) is 4.54. The molecule has 0 unspecified atom stereocenters. The zero-order valence-electron chi connectivity index (χ0n) is 16.1. The number of nitrogens with one attached hydrogen (secondary N) is 2. The van der Waals surface area contributed by atoms with Gasteiger partial charge in [0.2, 0.25) is 10.0 Å². The van der Waals surface area contributed by atoms with E-state index in [2.05, 4.69) is 22.5 Å². The Morgan fingerprint density at radius 3 is 2.44 bits per heavy atom. The quantitative estimate of drug-likeness (QED) is 0.203. The Bertz CT molecular complexity index is 465. The zero-order chi connectivity index (χ0) is 17.8. The third-order valence-electron chi connectivity index (χ3n) is 4.64. The van der Waals surface area contributed by atoms with Crippen molar-refractivity contribution < 1.29 is 8.42 Å². The maximum atomic E-state index is 11.7. The molecule has 0 aromatic heterocycles. The highest BCUT2D eigenvalue weighted by Crippen LogP contribution is 2.28. The van der Waals surface area contributed by atoms with Gasteiger partial charge < -0.3 is 10.6 Å². The molecule has 6 nitrogen and oxygen atoms in total. The van der Waals surface area contributed by atoms with E-state index in [1.807, 2.05) is 0 Å². The standard InChI is InChI=1S/C17H36N4O2S.HI/c1-4-18-17(19-13-8-12-16-10-6-7-11-16)20-14-9-15-21(3)24(22,23)5-2;/h16H,4-15H2,1-3H3,(H2,18,19,20);1H. The van der Waals surface area contributed by atoms with E-state index in [1.165, 1.54) is 42.8 Å². The van der Waals surface area contributed by atoms with E-state index in [0.29, 0.717) is 13.1 Å². The SMILES string of the molecule is CCNC(=NCCCN(C)S(=O)(=O)CC)NCCCC1CCCC1.I. The van der Waals surface area contributed by atoms with Crippen molar-refractivity contribution in [3.8, 4) is 0 Å². The Hall–Kier alpha value is -0.0900. The van der Waals surface area contributed by atoms with Gasteiger partial charge in [0.1, 0.15) is 0 Å². The van der Waals surface area contributed by atoms with Crippen molar-refractivity contribution in [1.82, 2.24) is 14.9 Å². The van der Waals surface area contributed by atoms with Crippen LogP contribution < -0.4 is 10.6 Å². The van der Waals surface area contributed by atoms with Gasteiger partial charge in [0, 0.05) is 33.2 Å². The van der Waals surface area contributed by atoms with E-state index < -0.39 is 10.0 Å². The Morgan fingerprint density at radius 2 is 1.84 bits per heavy atom. The van der Waals surface area contributed by atoms with E-state index in [1.54, 1.807) is 14.0 Å². The predicted molar refractivity (Wildman–Crippen MR) is 117 cm³/mol. The van der Waals surface area contributed by atoms with Gasteiger partial charge in [0.15, 0.2) is 5.96 Å². The summed E-state index contributed by atoms with van der Waals surface area (Å²) in [5, 5.41) is 6.63. The Morgan fingerprint density at radius 1 is 1.16 bits per heavy atom. The number of halogens is 1. The normalized spacial score (nSPS) is 16.1. The maximum Gasteiger partial charge on any atom is 0.213 e. The van der Waals surface area contributed by atoms with Crippen molar-refractivity contribution in [3.63, 3.8) is 0 Å². The fourth-order valence-corrected chi connectivity index (χ4v) is 3.93. The van der Waals surface area contributed by atoms with Crippen molar-refractivity contribution >= 4 is 40.0 Å². The topological polar surface area (TPSA) is 73.8 Å². The van der Waals surface area contributed by atoms with Gasteiger partial charge in [-0.25, -0.2) is 12.7 Å². The van der Waals surface area contributed by atoms with Gasteiger partial charge in [-0.3, -0.25) is 4.99 Å². The fraction of sp³-hybridized carbons (Fsp3) is 0.941. The number of rotatable bonds is 11. The summed E-state index contributed by atoms with van der Waals surface area (Å²) >= 11 is 0. The lowest BCUT2D eigenvalue weighted by atomic mass is 10.0. The van der Waals surface area contributed by atoms with Crippen molar-refractivity contribution in [1.29, 1.82) is 0 Å². The van der Waals surface area contributed by atoms with Crippen LogP contribution >= 0.6 is 24.0 Å². The molecule has 1 aliphatic rings. The molecule has 2 N–H and O–H groups in total. The van der Waals surface area contributed by atoms with Crippen molar-refractivity contribution in [3.05, 3.63) is 0 Å². The molecule has 1 rings (SSSR count). The molecular formula is C17H37IN4O2S. The summed E-state index contributed by atoms with van der Waals surface area (Å²) in [6.07, 6.45) is 8.85. The van der Waals surface area contributed by atoms with E-state index in [-0.39, 0.29) is 29.7 Å². The lowest BCUT2D eigenvalue weighted by molar-refractivity contribution is 0.464. The minimum Gasteiger partial charge on any atom is -0.357 e. The second kappa shape index (κ2) is 14.0. The highest BCUT2D eigenvalue weighted by atomic mass is 127. The number of aliphatic imine (C=N–C) groups is 1. The highest BCUT2D eigenvalue weighted by Gasteiger charge is 2.14. The molecule has 0 aromatic rings. The lowest BCUT2D eigenvalue weighted by Gasteiger charge is -2.15. The smallest absolute Gasteiger partial charge is 0.213 e. The van der Waals surface area contributed by atoms with Crippen LogP contribution in [-0.2, 0) is 10.0 Å². The summed E-state index contributed by atoms with van der Waals surface area (Å²) < 4.78 is 24.8. The van der Waals surface area contributed by atoms with E-state index in [9.17, 15) is 8.42 Å². The van der Waals surface area contributed by atoms with Crippen LogP contribution in [0.3, 0.4) is 0 Å². The first-order valence-corrected chi connectivity index (χ1v) is 11.1. The first-order chi connectivity index (χ1) is 11.5. The molecule has 1 aliphatic carbocycles. The molecule has 0 atom stereocenters. The molecule has 0 amide bonds. The molecule has 0 radical (unpaired) electrons. The van der Waals surface area contributed by atoms with Crippen molar-refractivity contribution in [2.24, 2.45) is 10.9 Å². The van der Waals surface area contributed by atoms with Crippen LogP contribution in [0, 0.1) is 5.92 Å². The van der Waals surface area contributed by atoms with Crippen LogP contribution in [0.5, 0.6) is 0 Å². The van der Waals surface area contributed by atoms with Gasteiger partial charge in [-0.1, -0.05) is 25.7 Å². The molecule has 0 spiro atoms. The summed E-state index contributed by atoms with van der Waals surface area (Å²) in [5.74, 6) is 1.92. The Labute approximate surface area is 171 Å². The largest absolute Gasteiger partial charge is 0.357 e. The average Bonchev–Trinajstić information content (AvgIpc) is 3.08. The maximum absolute atomic E-state index is 11.7. The van der Waals surface area contributed by atoms with Gasteiger partial charge in [0.25, 0.3) is 0 Å².